The molecule has 0 spiro atoms. The van der Waals surface area contributed by atoms with Gasteiger partial charge in [0.1, 0.15) is 5.78 Å². The molecule has 1 fully saturated rings. The normalized spacial score (nSPS) is 20.1. The second kappa shape index (κ2) is 4.82. The highest BCUT2D eigenvalue weighted by molar-refractivity contribution is 5.88. The van der Waals surface area contributed by atoms with Crippen molar-refractivity contribution in [2.24, 2.45) is 13.0 Å². The van der Waals surface area contributed by atoms with Gasteiger partial charge in [-0.3, -0.25) is 4.79 Å². The van der Waals surface area contributed by atoms with Crippen LogP contribution in [0, 0.1) is 12.8 Å². The molecule has 1 aliphatic heterocycles. The summed E-state index contributed by atoms with van der Waals surface area (Å²) < 4.78 is 2.18. The van der Waals surface area contributed by atoms with Crippen molar-refractivity contribution in [2.75, 3.05) is 13.1 Å². The maximum absolute atomic E-state index is 12.0. The first-order valence-corrected chi connectivity index (χ1v) is 6.94. The molecule has 0 radical (unpaired) electrons. The predicted octanol–water partition coefficient (Wildman–Crippen LogP) is 2.21. The Kier molecular flexibility index (Phi) is 3.15. The molecular formula is C16H20N2O. The summed E-state index contributed by atoms with van der Waals surface area (Å²) in [6.45, 7) is 3.80. The number of aromatic nitrogens is 1. The Morgan fingerprint density at radius 2 is 2.26 bits per heavy atom. The first-order valence-electron chi connectivity index (χ1n) is 6.94. The van der Waals surface area contributed by atoms with E-state index in [1.165, 1.54) is 22.0 Å². The van der Waals surface area contributed by atoms with Crippen molar-refractivity contribution in [3.8, 4) is 0 Å². The first-order chi connectivity index (χ1) is 9.16. The van der Waals surface area contributed by atoms with Crippen molar-refractivity contribution >= 4 is 16.7 Å². The van der Waals surface area contributed by atoms with Crippen molar-refractivity contribution in [2.45, 2.75) is 19.8 Å². The summed E-state index contributed by atoms with van der Waals surface area (Å²) in [6.07, 6.45) is 3.71. The Bertz CT molecular complexity index is 627. The maximum atomic E-state index is 12.0. The van der Waals surface area contributed by atoms with E-state index in [2.05, 4.69) is 48.3 Å². The Morgan fingerprint density at radius 1 is 1.42 bits per heavy atom. The van der Waals surface area contributed by atoms with Gasteiger partial charge in [0.15, 0.2) is 0 Å². The molecule has 2 heterocycles. The number of hydrogen-bond donors (Lipinski definition) is 1. The zero-order valence-electron chi connectivity index (χ0n) is 11.6. The average molecular weight is 256 g/mol. The SMILES string of the molecule is Cc1cccc2c(CC3CNCCC3=O)cn(C)c12. The molecule has 1 unspecified atom stereocenters. The minimum atomic E-state index is 0.139. The number of para-hydroxylation sites is 1. The Labute approximate surface area is 113 Å². The molecule has 1 atom stereocenters. The molecule has 1 aromatic heterocycles. The van der Waals surface area contributed by atoms with Gasteiger partial charge in [-0.15, -0.1) is 0 Å². The van der Waals surface area contributed by atoms with Crippen LogP contribution in [-0.2, 0) is 18.3 Å². The summed E-state index contributed by atoms with van der Waals surface area (Å²) in [7, 11) is 2.08. The lowest BCUT2D eigenvalue weighted by molar-refractivity contribution is -0.123. The first kappa shape index (κ1) is 12.4. The van der Waals surface area contributed by atoms with Crippen LogP contribution in [0.25, 0.3) is 10.9 Å². The van der Waals surface area contributed by atoms with E-state index >= 15 is 0 Å². The van der Waals surface area contributed by atoms with E-state index in [1.807, 2.05) is 0 Å². The molecule has 0 bridgehead atoms. The average Bonchev–Trinajstić information content (AvgIpc) is 2.71. The Hall–Kier alpha value is -1.61. The number of ketones is 1. The topological polar surface area (TPSA) is 34.0 Å². The number of fused-ring (bicyclic) bond motifs is 1. The fourth-order valence-electron chi connectivity index (χ4n) is 3.17. The van der Waals surface area contributed by atoms with Crippen LogP contribution >= 0.6 is 0 Å². The standard InChI is InChI=1S/C16H20N2O/c1-11-4-3-5-14-13(10-18(2)16(11)14)8-12-9-17-7-6-15(12)19/h3-5,10,12,17H,6-9H2,1-2H3. The van der Waals surface area contributed by atoms with Gasteiger partial charge in [-0.1, -0.05) is 18.2 Å². The second-order valence-electron chi connectivity index (χ2n) is 5.56. The number of carbonyl (C=O) groups is 1. The number of nitrogens with zero attached hydrogens (tertiary/aromatic N) is 1. The van der Waals surface area contributed by atoms with E-state index < -0.39 is 0 Å². The lowest BCUT2D eigenvalue weighted by Gasteiger charge is -2.21. The number of nitrogens with one attached hydrogen (secondary N) is 1. The van der Waals surface area contributed by atoms with Crippen LogP contribution in [0.2, 0.25) is 0 Å². The number of benzene rings is 1. The van der Waals surface area contributed by atoms with Crippen molar-refractivity contribution in [1.82, 2.24) is 9.88 Å². The highest BCUT2D eigenvalue weighted by Gasteiger charge is 2.23. The minimum Gasteiger partial charge on any atom is -0.350 e. The van der Waals surface area contributed by atoms with Crippen LogP contribution in [0.15, 0.2) is 24.4 Å². The summed E-state index contributed by atoms with van der Waals surface area (Å²) in [5.74, 6) is 0.545. The summed E-state index contributed by atoms with van der Waals surface area (Å²) in [5, 5.41) is 4.62. The van der Waals surface area contributed by atoms with Gasteiger partial charge in [0.2, 0.25) is 0 Å². The second-order valence-corrected chi connectivity index (χ2v) is 5.56. The van der Waals surface area contributed by atoms with Crippen LogP contribution in [-0.4, -0.2) is 23.4 Å². The van der Waals surface area contributed by atoms with Crippen molar-refractivity contribution in [3.05, 3.63) is 35.5 Å². The third kappa shape index (κ3) is 2.19. The molecule has 0 amide bonds. The Morgan fingerprint density at radius 3 is 3.05 bits per heavy atom. The van der Waals surface area contributed by atoms with Gasteiger partial charge in [0.25, 0.3) is 0 Å². The molecular weight excluding hydrogens is 236 g/mol. The summed E-state index contributed by atoms with van der Waals surface area (Å²) >= 11 is 0. The maximum Gasteiger partial charge on any atom is 0.138 e. The smallest absolute Gasteiger partial charge is 0.138 e. The van der Waals surface area contributed by atoms with Gasteiger partial charge >= 0.3 is 0 Å². The van der Waals surface area contributed by atoms with Crippen molar-refractivity contribution in [3.63, 3.8) is 0 Å². The van der Waals surface area contributed by atoms with E-state index in [4.69, 9.17) is 0 Å². The molecule has 19 heavy (non-hydrogen) atoms. The molecule has 1 saturated heterocycles. The van der Waals surface area contributed by atoms with Crippen LogP contribution in [0.5, 0.6) is 0 Å². The minimum absolute atomic E-state index is 0.139. The quantitative estimate of drug-likeness (QED) is 0.894. The van der Waals surface area contributed by atoms with Crippen LogP contribution in [0.4, 0.5) is 0 Å². The highest BCUT2D eigenvalue weighted by atomic mass is 16.1. The third-order valence-electron chi connectivity index (χ3n) is 4.15. The zero-order valence-corrected chi connectivity index (χ0v) is 11.6. The van der Waals surface area contributed by atoms with Crippen LogP contribution < -0.4 is 5.32 Å². The fourth-order valence-corrected chi connectivity index (χ4v) is 3.17. The van der Waals surface area contributed by atoms with E-state index in [0.717, 1.165) is 19.5 Å². The molecule has 1 aromatic carbocycles. The van der Waals surface area contributed by atoms with Gasteiger partial charge < -0.3 is 9.88 Å². The van der Waals surface area contributed by atoms with Gasteiger partial charge in [-0.25, -0.2) is 0 Å². The highest BCUT2D eigenvalue weighted by Crippen LogP contribution is 2.26. The molecule has 100 valence electrons. The number of hydrogen-bond acceptors (Lipinski definition) is 2. The molecule has 0 aliphatic carbocycles. The van der Waals surface area contributed by atoms with Gasteiger partial charge in [-0.05, 0) is 24.5 Å². The van der Waals surface area contributed by atoms with Crippen molar-refractivity contribution < 1.29 is 4.79 Å². The van der Waals surface area contributed by atoms with E-state index in [9.17, 15) is 4.79 Å². The molecule has 0 saturated carbocycles. The van der Waals surface area contributed by atoms with Gasteiger partial charge in [0, 0.05) is 44.1 Å². The molecule has 3 rings (SSSR count). The summed E-state index contributed by atoms with van der Waals surface area (Å²) in [4.78, 5) is 12.0. The zero-order chi connectivity index (χ0) is 13.4. The lowest BCUT2D eigenvalue weighted by atomic mass is 9.91. The van der Waals surface area contributed by atoms with Crippen molar-refractivity contribution in [1.29, 1.82) is 0 Å². The fraction of sp³-hybridized carbons (Fsp3) is 0.438. The molecule has 1 aliphatic rings. The lowest BCUT2D eigenvalue weighted by Crippen LogP contribution is -2.37. The number of piperidine rings is 1. The molecule has 3 heteroatoms. The number of rotatable bonds is 2. The van der Waals surface area contributed by atoms with E-state index in [-0.39, 0.29) is 5.92 Å². The van der Waals surface area contributed by atoms with Crippen LogP contribution in [0.1, 0.15) is 17.5 Å². The number of aryl methyl sites for hydroxylation is 2. The third-order valence-corrected chi connectivity index (χ3v) is 4.15. The molecule has 2 aromatic rings. The molecule has 1 N–H and O–H groups in total. The van der Waals surface area contributed by atoms with E-state index in [1.54, 1.807) is 0 Å². The van der Waals surface area contributed by atoms with Gasteiger partial charge in [0.05, 0.1) is 5.52 Å². The largest absolute Gasteiger partial charge is 0.350 e. The monoisotopic (exact) mass is 256 g/mol. The number of carbonyl (C=O) groups excluding carboxylic acids is 1. The van der Waals surface area contributed by atoms with E-state index in [0.29, 0.717) is 12.2 Å². The molecule has 3 nitrogen and oxygen atoms in total. The summed E-state index contributed by atoms with van der Waals surface area (Å²) in [6, 6.07) is 6.40. The van der Waals surface area contributed by atoms with Gasteiger partial charge in [-0.2, -0.15) is 0 Å². The Balaban J connectivity index is 1.97. The summed E-state index contributed by atoms with van der Waals surface area (Å²) in [5.41, 5.74) is 3.87. The predicted molar refractivity (Wildman–Crippen MR) is 77.3 cm³/mol. The van der Waals surface area contributed by atoms with Crippen LogP contribution in [0.3, 0.4) is 0 Å². The number of Topliss-reactive ketones (excluding diaryl/α,β-unsaturated/α-hetero) is 1.